The number of hydrogen-bond acceptors (Lipinski definition) is 6. The minimum absolute atomic E-state index is 0.0427. The van der Waals surface area contributed by atoms with Gasteiger partial charge in [-0.3, -0.25) is 14.2 Å². The van der Waals surface area contributed by atoms with Gasteiger partial charge in [0.15, 0.2) is 5.78 Å². The van der Waals surface area contributed by atoms with Gasteiger partial charge in [-0.25, -0.2) is 9.78 Å². The number of benzene rings is 1. The van der Waals surface area contributed by atoms with Gasteiger partial charge in [0.2, 0.25) is 0 Å². The molecule has 0 atom stereocenters. The summed E-state index contributed by atoms with van der Waals surface area (Å²) in [4.78, 5) is 42.5. The highest BCUT2D eigenvalue weighted by Crippen LogP contribution is 2.17. The molecule has 1 aromatic carbocycles. The van der Waals surface area contributed by atoms with Gasteiger partial charge in [-0.15, -0.1) is 11.3 Å². The Morgan fingerprint density at radius 2 is 2.07 bits per heavy atom. The minimum Gasteiger partial charge on any atom is -0.462 e. The van der Waals surface area contributed by atoms with Crippen molar-refractivity contribution in [3.8, 4) is 0 Å². The Morgan fingerprint density at radius 3 is 2.90 bits per heavy atom. The first-order chi connectivity index (χ1) is 14.1. The zero-order chi connectivity index (χ0) is 20.2. The van der Waals surface area contributed by atoms with E-state index in [-0.39, 0.29) is 17.9 Å². The molecular formula is C22H22N2O4S. The molecule has 0 fully saturated rings. The number of ether oxygens (including phenoxy) is 1. The van der Waals surface area contributed by atoms with Crippen molar-refractivity contribution >= 4 is 34.0 Å². The van der Waals surface area contributed by atoms with E-state index in [9.17, 15) is 14.4 Å². The fourth-order valence-electron chi connectivity index (χ4n) is 3.59. The lowest BCUT2D eigenvalue weighted by Gasteiger charge is -2.11. The summed E-state index contributed by atoms with van der Waals surface area (Å²) in [6, 6.07) is 8.52. The Bertz CT molecular complexity index is 1100. The molecule has 4 rings (SSSR count). The van der Waals surface area contributed by atoms with E-state index in [1.54, 1.807) is 28.8 Å². The van der Waals surface area contributed by atoms with E-state index in [1.807, 2.05) is 11.4 Å². The summed E-state index contributed by atoms with van der Waals surface area (Å²) in [6.45, 7) is 0.874. The van der Waals surface area contributed by atoms with Crippen molar-refractivity contribution < 1.29 is 14.3 Å². The molecule has 0 bridgehead atoms. The van der Waals surface area contributed by atoms with Crippen molar-refractivity contribution in [1.29, 1.82) is 0 Å². The Kier molecular flexibility index (Phi) is 5.85. The van der Waals surface area contributed by atoms with E-state index in [2.05, 4.69) is 4.98 Å². The Balaban J connectivity index is 1.43. The second kappa shape index (κ2) is 8.69. The molecule has 1 aliphatic rings. The number of rotatable bonds is 6. The Labute approximate surface area is 172 Å². The third-order valence-corrected chi connectivity index (χ3v) is 6.04. The van der Waals surface area contributed by atoms with Gasteiger partial charge in [0.1, 0.15) is 5.82 Å². The number of Topliss-reactive ketones (excluding diaryl/α,β-unsaturated/α-hetero) is 1. The topological polar surface area (TPSA) is 78.3 Å². The lowest BCUT2D eigenvalue weighted by molar-refractivity contribution is 0.0494. The van der Waals surface area contributed by atoms with Gasteiger partial charge in [-0.05, 0) is 48.9 Å². The number of esters is 1. The predicted octanol–water partition coefficient (Wildman–Crippen LogP) is 4.00. The predicted molar refractivity (Wildman–Crippen MR) is 112 cm³/mol. The van der Waals surface area contributed by atoms with Crippen LogP contribution >= 0.6 is 11.3 Å². The summed E-state index contributed by atoms with van der Waals surface area (Å²) < 4.78 is 7.07. The molecule has 1 aliphatic heterocycles. The van der Waals surface area contributed by atoms with Crippen molar-refractivity contribution in [1.82, 2.24) is 9.55 Å². The van der Waals surface area contributed by atoms with Crippen LogP contribution in [0.15, 0.2) is 40.5 Å². The first-order valence-corrected chi connectivity index (χ1v) is 10.8. The summed E-state index contributed by atoms with van der Waals surface area (Å²) in [5, 5.41) is 2.39. The largest absolute Gasteiger partial charge is 0.462 e. The molecule has 0 unspecified atom stereocenters. The van der Waals surface area contributed by atoms with Gasteiger partial charge in [-0.1, -0.05) is 12.5 Å². The molecule has 2 aromatic heterocycles. The molecule has 3 heterocycles. The average Bonchev–Trinajstić information content (AvgIpc) is 3.17. The van der Waals surface area contributed by atoms with Gasteiger partial charge in [-0.2, -0.15) is 0 Å². The smallest absolute Gasteiger partial charge is 0.338 e. The van der Waals surface area contributed by atoms with Crippen LogP contribution in [-0.4, -0.2) is 27.9 Å². The molecule has 0 saturated carbocycles. The van der Waals surface area contributed by atoms with E-state index < -0.39 is 5.97 Å². The van der Waals surface area contributed by atoms with E-state index in [0.717, 1.165) is 36.4 Å². The van der Waals surface area contributed by atoms with Crippen LogP contribution in [-0.2, 0) is 17.7 Å². The standard InChI is InChI=1S/C22H22N2O4S/c25-18(19-7-5-13-29-19)6-4-12-28-22(27)15-9-10-16-17(14-15)23-20-8-2-1-3-11-24(20)21(16)26/h5,7,9-10,13-14H,1-4,6,8,11-12H2. The Hall–Kier alpha value is -2.80. The third kappa shape index (κ3) is 4.29. The summed E-state index contributed by atoms with van der Waals surface area (Å²) in [7, 11) is 0. The van der Waals surface area contributed by atoms with Crippen LogP contribution in [0.25, 0.3) is 10.9 Å². The van der Waals surface area contributed by atoms with Crippen LogP contribution in [0.5, 0.6) is 0 Å². The van der Waals surface area contributed by atoms with Crippen LogP contribution < -0.4 is 5.56 Å². The summed E-state index contributed by atoms with van der Waals surface area (Å²) in [6.07, 6.45) is 4.69. The number of nitrogens with zero attached hydrogens (tertiary/aromatic N) is 2. The van der Waals surface area contributed by atoms with Gasteiger partial charge < -0.3 is 4.74 Å². The van der Waals surface area contributed by atoms with Crippen molar-refractivity contribution in [2.24, 2.45) is 0 Å². The van der Waals surface area contributed by atoms with Crippen LogP contribution in [0.2, 0.25) is 0 Å². The zero-order valence-corrected chi connectivity index (χ0v) is 16.9. The SMILES string of the molecule is O=C(OCCCC(=O)c1cccs1)c1ccc2c(=O)n3c(nc2c1)CCCCC3. The van der Waals surface area contributed by atoms with Gasteiger partial charge >= 0.3 is 5.97 Å². The van der Waals surface area contributed by atoms with Gasteiger partial charge in [0.25, 0.3) is 5.56 Å². The molecule has 0 aliphatic carbocycles. The molecule has 0 amide bonds. The maximum absolute atomic E-state index is 12.8. The summed E-state index contributed by atoms with van der Waals surface area (Å²) in [5.41, 5.74) is 0.858. The number of thiophene rings is 1. The monoisotopic (exact) mass is 410 g/mol. The molecule has 29 heavy (non-hydrogen) atoms. The second-order valence-corrected chi connectivity index (χ2v) is 8.12. The number of fused-ring (bicyclic) bond motifs is 2. The third-order valence-electron chi connectivity index (χ3n) is 5.13. The molecule has 0 spiro atoms. The first kappa shape index (κ1) is 19.5. The fourth-order valence-corrected chi connectivity index (χ4v) is 4.28. The molecule has 6 nitrogen and oxygen atoms in total. The average molecular weight is 410 g/mol. The quantitative estimate of drug-likeness (QED) is 0.349. The number of carbonyl (C=O) groups excluding carboxylic acids is 2. The van der Waals surface area contributed by atoms with Crippen LogP contribution in [0.3, 0.4) is 0 Å². The minimum atomic E-state index is -0.465. The maximum Gasteiger partial charge on any atom is 0.338 e. The van der Waals surface area contributed by atoms with Crippen LogP contribution in [0.1, 0.15) is 58.0 Å². The second-order valence-electron chi connectivity index (χ2n) is 7.17. The highest BCUT2D eigenvalue weighted by atomic mass is 32.1. The lowest BCUT2D eigenvalue weighted by atomic mass is 10.1. The van der Waals surface area contributed by atoms with Gasteiger partial charge in [0.05, 0.1) is 28.0 Å². The number of aromatic nitrogens is 2. The summed E-state index contributed by atoms with van der Waals surface area (Å²) in [5.74, 6) is 0.386. The number of hydrogen-bond donors (Lipinski definition) is 0. The van der Waals surface area contributed by atoms with Crippen molar-refractivity contribution in [2.45, 2.75) is 45.1 Å². The molecule has 150 valence electrons. The molecule has 7 heteroatoms. The molecule has 0 N–H and O–H groups in total. The summed E-state index contributed by atoms with van der Waals surface area (Å²) >= 11 is 1.41. The van der Waals surface area contributed by atoms with Crippen LogP contribution in [0, 0.1) is 0 Å². The van der Waals surface area contributed by atoms with E-state index in [0.29, 0.717) is 35.9 Å². The number of ketones is 1. The van der Waals surface area contributed by atoms with Gasteiger partial charge in [0, 0.05) is 19.4 Å². The first-order valence-electron chi connectivity index (χ1n) is 9.91. The highest BCUT2D eigenvalue weighted by Gasteiger charge is 2.16. The fraction of sp³-hybridized carbons (Fsp3) is 0.364. The highest BCUT2D eigenvalue weighted by molar-refractivity contribution is 7.12. The van der Waals surface area contributed by atoms with E-state index in [1.165, 1.54) is 11.3 Å². The molecule has 0 saturated heterocycles. The molecule has 3 aromatic rings. The Morgan fingerprint density at radius 1 is 1.17 bits per heavy atom. The lowest BCUT2D eigenvalue weighted by Crippen LogP contribution is -2.24. The van der Waals surface area contributed by atoms with E-state index in [4.69, 9.17) is 4.74 Å². The zero-order valence-electron chi connectivity index (χ0n) is 16.1. The van der Waals surface area contributed by atoms with Crippen molar-refractivity contribution in [3.63, 3.8) is 0 Å². The van der Waals surface area contributed by atoms with Crippen LogP contribution in [0.4, 0.5) is 0 Å². The van der Waals surface area contributed by atoms with Crippen molar-refractivity contribution in [3.05, 3.63) is 62.3 Å². The number of carbonyl (C=O) groups is 2. The maximum atomic E-state index is 12.8. The number of aryl methyl sites for hydroxylation is 1. The van der Waals surface area contributed by atoms with Crippen molar-refractivity contribution in [2.75, 3.05) is 6.61 Å². The molecule has 0 radical (unpaired) electrons. The normalized spacial score (nSPS) is 13.7. The molecular weight excluding hydrogens is 388 g/mol. The van der Waals surface area contributed by atoms with E-state index >= 15 is 0 Å².